The Bertz CT molecular complexity index is 1690. The molecule has 208 valence electrons. The minimum atomic E-state index is -4.29. The molecule has 2 unspecified atom stereocenters. The molecule has 1 aromatic heterocycles. The first-order valence-electron chi connectivity index (χ1n) is 12.0. The van der Waals surface area contributed by atoms with Crippen molar-refractivity contribution in [3.8, 4) is 11.5 Å². The first-order valence-corrected chi connectivity index (χ1v) is 13.9. The highest BCUT2D eigenvalue weighted by atomic mass is 35.5. The molecular formula is C25H21ClFN5O7S. The number of morpholine rings is 1. The van der Waals surface area contributed by atoms with Crippen molar-refractivity contribution >= 4 is 39.1 Å². The molecule has 12 nitrogen and oxygen atoms in total. The third-order valence-corrected chi connectivity index (χ3v) is 8.87. The number of aromatic nitrogens is 2. The van der Waals surface area contributed by atoms with Gasteiger partial charge in [-0.1, -0.05) is 23.7 Å². The largest absolute Gasteiger partial charge is 0.453 e. The number of nitrogens with zero attached hydrogens (tertiary/aromatic N) is 4. The van der Waals surface area contributed by atoms with Gasteiger partial charge in [0.05, 0.1) is 54.4 Å². The lowest BCUT2D eigenvalue weighted by Gasteiger charge is -2.29. The summed E-state index contributed by atoms with van der Waals surface area (Å²) in [5, 5.41) is 9.12. The molecule has 0 radical (unpaired) electrons. The maximum Gasteiger partial charge on any atom is 0.409 e. The predicted molar refractivity (Wildman–Crippen MR) is 137 cm³/mol. The summed E-state index contributed by atoms with van der Waals surface area (Å²) in [7, 11) is -3.02. The Balaban J connectivity index is 1.42. The molecule has 2 aromatic carbocycles. The van der Waals surface area contributed by atoms with Crippen LogP contribution < -0.4 is 10.6 Å². The Hall–Kier alpha value is -4.01. The summed E-state index contributed by atoms with van der Waals surface area (Å²) >= 11 is 5.97. The smallest absolute Gasteiger partial charge is 0.409 e. The summed E-state index contributed by atoms with van der Waals surface area (Å²) < 4.78 is 58.1. The van der Waals surface area contributed by atoms with Crippen LogP contribution in [0.1, 0.15) is 17.9 Å². The van der Waals surface area contributed by atoms with Crippen molar-refractivity contribution in [1.29, 1.82) is 0 Å². The average Bonchev–Trinajstić information content (AvgIpc) is 3.67. The maximum atomic E-state index is 15.5. The van der Waals surface area contributed by atoms with E-state index in [0.717, 1.165) is 17.0 Å². The van der Waals surface area contributed by atoms with Crippen LogP contribution in [-0.2, 0) is 36.3 Å². The first-order chi connectivity index (χ1) is 19.0. The van der Waals surface area contributed by atoms with Gasteiger partial charge >= 0.3 is 6.09 Å². The van der Waals surface area contributed by atoms with Crippen LogP contribution >= 0.6 is 11.6 Å². The van der Waals surface area contributed by atoms with Gasteiger partial charge in [-0.15, -0.1) is 10.2 Å². The van der Waals surface area contributed by atoms with Gasteiger partial charge in [0.1, 0.15) is 11.5 Å². The van der Waals surface area contributed by atoms with Crippen molar-refractivity contribution < 1.29 is 36.3 Å². The van der Waals surface area contributed by atoms with E-state index in [-0.39, 0.29) is 48.8 Å². The number of halogens is 2. The van der Waals surface area contributed by atoms with Gasteiger partial charge in [0.15, 0.2) is 5.60 Å². The number of sulfone groups is 1. The molecule has 2 N–H and O–H groups in total. The lowest BCUT2D eigenvalue weighted by molar-refractivity contribution is -0.115. The molecule has 0 saturated carbocycles. The fraction of sp³-hybridized carbons (Fsp3) is 0.280. The number of benzene rings is 2. The monoisotopic (exact) mass is 589 g/mol. The minimum Gasteiger partial charge on any atom is -0.453 e. The molecule has 15 heteroatoms. The zero-order valence-corrected chi connectivity index (χ0v) is 22.4. The van der Waals surface area contributed by atoms with Crippen molar-refractivity contribution in [2.24, 2.45) is 5.73 Å². The lowest BCUT2D eigenvalue weighted by Crippen LogP contribution is -2.44. The van der Waals surface area contributed by atoms with Gasteiger partial charge in [0, 0.05) is 11.4 Å². The molecule has 0 spiro atoms. The number of rotatable bonds is 4. The summed E-state index contributed by atoms with van der Waals surface area (Å²) in [6.45, 7) is 0.244. The molecule has 3 aliphatic rings. The summed E-state index contributed by atoms with van der Waals surface area (Å²) in [6, 6.07) is 8.26. The summed E-state index contributed by atoms with van der Waals surface area (Å²) in [6.07, 6.45) is -0.144. The molecule has 2 saturated heterocycles. The van der Waals surface area contributed by atoms with Gasteiger partial charge in [-0.3, -0.25) is 9.69 Å². The number of methoxy groups -OCH3 is 1. The Labute approximate surface area is 232 Å². The van der Waals surface area contributed by atoms with Crippen molar-refractivity contribution in [2.75, 3.05) is 25.2 Å². The molecule has 2 bridgehead atoms. The van der Waals surface area contributed by atoms with E-state index in [9.17, 15) is 18.0 Å². The molecule has 4 heterocycles. The fourth-order valence-corrected chi connectivity index (χ4v) is 6.57. The molecule has 2 atom stereocenters. The van der Waals surface area contributed by atoms with E-state index in [1.54, 1.807) is 24.3 Å². The molecular weight excluding hydrogens is 569 g/mol. The van der Waals surface area contributed by atoms with Crippen LogP contribution in [0.15, 0.2) is 56.8 Å². The van der Waals surface area contributed by atoms with Crippen molar-refractivity contribution in [3.05, 3.63) is 69.8 Å². The van der Waals surface area contributed by atoms with Gasteiger partial charge in [-0.25, -0.2) is 17.6 Å². The molecule has 40 heavy (non-hydrogen) atoms. The van der Waals surface area contributed by atoms with Crippen molar-refractivity contribution in [2.45, 2.75) is 29.5 Å². The highest BCUT2D eigenvalue weighted by molar-refractivity contribution is 7.94. The topological polar surface area (TPSA) is 158 Å². The number of amides is 2. The summed E-state index contributed by atoms with van der Waals surface area (Å²) in [5.41, 5.74) is 4.45. The number of ether oxygens (including phenoxy) is 2. The van der Waals surface area contributed by atoms with E-state index in [1.807, 2.05) is 0 Å². The Morgan fingerprint density at radius 3 is 2.75 bits per heavy atom. The zero-order valence-electron chi connectivity index (χ0n) is 20.8. The number of anilines is 1. The maximum absolute atomic E-state index is 15.5. The van der Waals surface area contributed by atoms with E-state index in [4.69, 9.17) is 31.2 Å². The van der Waals surface area contributed by atoms with Crippen molar-refractivity contribution in [1.82, 2.24) is 15.1 Å². The SMILES string of the molecule is COC(=O)N1CC2(c3nnc(-c4cc5c(cc4F)S(=O)(=O)C=C(N)C(=O)N5Cc4ccc(Cl)cc4)o3)CC1CO2. The highest BCUT2D eigenvalue weighted by Gasteiger charge is 2.57. The van der Waals surface area contributed by atoms with E-state index in [0.29, 0.717) is 22.4 Å². The van der Waals surface area contributed by atoms with Crippen LogP contribution in [0, 0.1) is 5.82 Å². The first kappa shape index (κ1) is 26.2. The molecule has 2 amide bonds. The van der Waals surface area contributed by atoms with Crippen LogP contribution in [0.25, 0.3) is 11.5 Å². The van der Waals surface area contributed by atoms with Gasteiger partial charge in [0.25, 0.3) is 17.7 Å². The van der Waals surface area contributed by atoms with E-state index < -0.39 is 43.8 Å². The van der Waals surface area contributed by atoms with E-state index in [1.165, 1.54) is 12.0 Å². The molecule has 3 aliphatic heterocycles. The van der Waals surface area contributed by atoms with Crippen LogP contribution in [0.4, 0.5) is 14.9 Å². The van der Waals surface area contributed by atoms with Crippen LogP contribution in [-0.4, -0.2) is 61.8 Å². The second-order valence-electron chi connectivity index (χ2n) is 9.61. The summed E-state index contributed by atoms with van der Waals surface area (Å²) in [4.78, 5) is 27.5. The number of carbonyl (C=O) groups is 2. The number of hydrogen-bond acceptors (Lipinski definition) is 10. The number of likely N-dealkylation sites (tertiary alicyclic amines) is 1. The number of carbonyl (C=O) groups excluding carboxylic acids is 2. The van der Waals surface area contributed by atoms with Crippen molar-refractivity contribution in [3.63, 3.8) is 0 Å². The Kier molecular flexibility index (Phi) is 6.09. The number of nitrogens with two attached hydrogens (primary N) is 1. The van der Waals surface area contributed by atoms with Gasteiger partial charge in [0.2, 0.25) is 9.84 Å². The number of fused-ring (bicyclic) bond motifs is 3. The normalized spacial score (nSPS) is 23.1. The third-order valence-electron chi connectivity index (χ3n) is 7.11. The van der Waals surface area contributed by atoms with Crippen LogP contribution in [0.5, 0.6) is 0 Å². The standard InChI is InChI=1S/C25H21ClFN5O7S/c1-37-24(34)32-12-25(8-15(32)10-38-25)23-30-29-21(39-23)16-6-19-20(7-17(16)27)40(35,36)11-18(28)22(33)31(19)9-13-2-4-14(26)5-3-13/h2-7,11,15H,8-10,12,28H2,1H3. The molecule has 2 fully saturated rings. The Morgan fingerprint density at radius 1 is 1.27 bits per heavy atom. The quantitative estimate of drug-likeness (QED) is 0.479. The minimum absolute atomic E-state index is 0.0263. The predicted octanol–water partition coefficient (Wildman–Crippen LogP) is 2.72. The second-order valence-corrected chi connectivity index (χ2v) is 11.8. The van der Waals surface area contributed by atoms with Crippen LogP contribution in [0.3, 0.4) is 0 Å². The van der Waals surface area contributed by atoms with Crippen LogP contribution in [0.2, 0.25) is 5.02 Å². The molecule has 6 rings (SSSR count). The van der Waals surface area contributed by atoms with E-state index in [2.05, 4.69) is 10.2 Å². The zero-order chi connectivity index (χ0) is 28.4. The van der Waals surface area contributed by atoms with Gasteiger partial charge < -0.3 is 24.5 Å². The molecule has 3 aromatic rings. The van der Waals surface area contributed by atoms with Gasteiger partial charge in [-0.05, 0) is 29.8 Å². The van der Waals surface area contributed by atoms with E-state index >= 15 is 4.39 Å². The lowest BCUT2D eigenvalue weighted by atomic mass is 10.0. The average molecular weight is 590 g/mol. The third kappa shape index (κ3) is 4.19. The summed E-state index contributed by atoms with van der Waals surface area (Å²) in [5.74, 6) is -2.01. The highest BCUT2D eigenvalue weighted by Crippen LogP contribution is 2.46. The second kappa shape index (κ2) is 9.28. The molecule has 0 aliphatic carbocycles. The Morgan fingerprint density at radius 2 is 2.02 bits per heavy atom. The van der Waals surface area contributed by atoms with Gasteiger partial charge in [-0.2, -0.15) is 0 Å². The fourth-order valence-electron chi connectivity index (χ4n) is 5.15. The number of hydrogen-bond donors (Lipinski definition) is 1.